The monoisotopic (exact) mass is 406 g/mol. The van der Waals surface area contributed by atoms with Gasteiger partial charge in [-0.05, 0) is 60.5 Å². The predicted molar refractivity (Wildman–Crippen MR) is 114 cm³/mol. The molecule has 3 aromatic rings. The molecule has 3 rings (SSSR count). The van der Waals surface area contributed by atoms with Crippen LogP contribution in [-0.4, -0.2) is 25.2 Å². The number of ether oxygens (including phenoxy) is 3. The van der Waals surface area contributed by atoms with Crippen molar-refractivity contribution >= 4 is 23.3 Å². The highest BCUT2D eigenvalue weighted by atomic mass is 16.6. The third kappa shape index (κ3) is 5.08. The summed E-state index contributed by atoms with van der Waals surface area (Å²) in [5.41, 5.74) is 14.4. The van der Waals surface area contributed by atoms with Crippen molar-refractivity contribution < 1.29 is 23.8 Å². The standard InChI is InChI=1S/C23H22N2O5/c1-14(22(26)28-2)29-20-7-3-15(4-8-20)16-5-9-21(10-6-16)30-23(27)17-11-18(24)13-19(25)12-17/h3-14H,24-25H2,1-2H3/t14-/m1/s1. The van der Waals surface area contributed by atoms with E-state index in [1.165, 1.54) is 19.2 Å². The number of carbonyl (C=O) groups is 2. The van der Waals surface area contributed by atoms with Crippen LogP contribution in [0.5, 0.6) is 11.5 Å². The molecule has 0 bridgehead atoms. The van der Waals surface area contributed by atoms with Crippen molar-refractivity contribution in [2.45, 2.75) is 13.0 Å². The van der Waals surface area contributed by atoms with E-state index >= 15 is 0 Å². The lowest BCUT2D eigenvalue weighted by molar-refractivity contribution is -0.147. The molecule has 0 saturated heterocycles. The van der Waals surface area contributed by atoms with Gasteiger partial charge in [0, 0.05) is 11.4 Å². The maximum atomic E-state index is 12.3. The van der Waals surface area contributed by atoms with Gasteiger partial charge in [-0.25, -0.2) is 9.59 Å². The van der Waals surface area contributed by atoms with Crippen molar-refractivity contribution in [3.05, 3.63) is 72.3 Å². The first-order chi connectivity index (χ1) is 14.4. The summed E-state index contributed by atoms with van der Waals surface area (Å²) >= 11 is 0. The molecular weight excluding hydrogens is 384 g/mol. The molecule has 0 radical (unpaired) electrons. The van der Waals surface area contributed by atoms with E-state index in [-0.39, 0.29) is 5.56 Å². The zero-order valence-electron chi connectivity index (χ0n) is 16.6. The number of hydrogen-bond acceptors (Lipinski definition) is 7. The van der Waals surface area contributed by atoms with Crippen molar-refractivity contribution in [2.24, 2.45) is 0 Å². The van der Waals surface area contributed by atoms with Crippen LogP contribution in [0.25, 0.3) is 11.1 Å². The Kier molecular flexibility index (Phi) is 6.22. The van der Waals surface area contributed by atoms with Crippen LogP contribution >= 0.6 is 0 Å². The summed E-state index contributed by atoms with van der Waals surface area (Å²) in [7, 11) is 1.32. The average molecular weight is 406 g/mol. The maximum absolute atomic E-state index is 12.3. The Morgan fingerprint density at radius 2 is 1.30 bits per heavy atom. The van der Waals surface area contributed by atoms with Crippen molar-refractivity contribution in [1.82, 2.24) is 0 Å². The summed E-state index contributed by atoms with van der Waals surface area (Å²) in [6.45, 7) is 1.62. The fraction of sp³-hybridized carbons (Fsp3) is 0.130. The highest BCUT2D eigenvalue weighted by Gasteiger charge is 2.14. The van der Waals surface area contributed by atoms with Gasteiger partial charge < -0.3 is 25.7 Å². The summed E-state index contributed by atoms with van der Waals surface area (Å²) in [5, 5.41) is 0. The second-order valence-electron chi connectivity index (χ2n) is 6.61. The van der Waals surface area contributed by atoms with Gasteiger partial charge in [-0.2, -0.15) is 0 Å². The smallest absolute Gasteiger partial charge is 0.346 e. The summed E-state index contributed by atoms with van der Waals surface area (Å²) in [6.07, 6.45) is -0.690. The summed E-state index contributed by atoms with van der Waals surface area (Å²) in [4.78, 5) is 23.7. The molecule has 0 aromatic heterocycles. The molecule has 7 heteroatoms. The molecule has 0 fully saturated rings. The molecule has 0 aliphatic heterocycles. The molecule has 3 aromatic carbocycles. The molecule has 0 amide bonds. The van der Waals surface area contributed by atoms with Crippen molar-refractivity contribution in [3.63, 3.8) is 0 Å². The molecule has 0 aliphatic carbocycles. The number of benzene rings is 3. The van der Waals surface area contributed by atoms with Gasteiger partial charge in [0.15, 0.2) is 6.10 Å². The highest BCUT2D eigenvalue weighted by molar-refractivity contribution is 5.93. The third-order valence-corrected chi connectivity index (χ3v) is 4.31. The molecule has 0 spiro atoms. The molecule has 154 valence electrons. The van der Waals surface area contributed by atoms with Crippen molar-refractivity contribution in [2.75, 3.05) is 18.6 Å². The van der Waals surface area contributed by atoms with E-state index in [4.69, 9.17) is 20.9 Å². The second kappa shape index (κ2) is 9.00. The van der Waals surface area contributed by atoms with Crippen LogP contribution < -0.4 is 20.9 Å². The van der Waals surface area contributed by atoms with Gasteiger partial charge in [0.25, 0.3) is 0 Å². The van der Waals surface area contributed by atoms with E-state index in [2.05, 4.69) is 4.74 Å². The van der Waals surface area contributed by atoms with Crippen LogP contribution in [0.15, 0.2) is 66.7 Å². The van der Waals surface area contributed by atoms with Crippen LogP contribution in [0.4, 0.5) is 11.4 Å². The first-order valence-corrected chi connectivity index (χ1v) is 9.19. The zero-order chi connectivity index (χ0) is 21.7. The zero-order valence-corrected chi connectivity index (χ0v) is 16.6. The molecule has 0 unspecified atom stereocenters. The van der Waals surface area contributed by atoms with E-state index in [0.717, 1.165) is 11.1 Å². The highest BCUT2D eigenvalue weighted by Crippen LogP contribution is 2.26. The molecule has 1 atom stereocenters. The number of anilines is 2. The number of nitrogens with two attached hydrogens (primary N) is 2. The van der Waals surface area contributed by atoms with Gasteiger partial charge in [0.1, 0.15) is 11.5 Å². The molecule has 4 N–H and O–H groups in total. The van der Waals surface area contributed by atoms with E-state index < -0.39 is 18.0 Å². The normalized spacial score (nSPS) is 11.4. The first kappa shape index (κ1) is 20.7. The lowest BCUT2D eigenvalue weighted by Crippen LogP contribution is -2.24. The minimum Gasteiger partial charge on any atom is -0.479 e. The summed E-state index contributed by atoms with van der Waals surface area (Å²) < 4.78 is 15.6. The lowest BCUT2D eigenvalue weighted by Gasteiger charge is -2.12. The summed E-state index contributed by atoms with van der Waals surface area (Å²) in [6, 6.07) is 18.9. The van der Waals surface area contributed by atoms with Crippen LogP contribution in [0.2, 0.25) is 0 Å². The van der Waals surface area contributed by atoms with E-state index in [1.54, 1.807) is 37.3 Å². The van der Waals surface area contributed by atoms with Crippen LogP contribution in [0, 0.1) is 0 Å². The fourth-order valence-corrected chi connectivity index (χ4v) is 2.82. The number of nitrogen functional groups attached to an aromatic ring is 2. The second-order valence-corrected chi connectivity index (χ2v) is 6.61. The van der Waals surface area contributed by atoms with E-state index in [9.17, 15) is 9.59 Å². The Bertz CT molecular complexity index is 1030. The molecule has 0 heterocycles. The minimum atomic E-state index is -0.690. The average Bonchev–Trinajstić information content (AvgIpc) is 2.73. The summed E-state index contributed by atoms with van der Waals surface area (Å²) in [5.74, 6) is -0.0201. The van der Waals surface area contributed by atoms with Crippen LogP contribution in [0.1, 0.15) is 17.3 Å². The molecular formula is C23H22N2O5. The Hall–Kier alpha value is -4.00. The van der Waals surface area contributed by atoms with Crippen molar-refractivity contribution in [1.29, 1.82) is 0 Å². The molecule has 0 saturated carbocycles. The van der Waals surface area contributed by atoms with E-state index in [1.807, 2.05) is 24.3 Å². The van der Waals surface area contributed by atoms with Gasteiger partial charge in [0.05, 0.1) is 12.7 Å². The SMILES string of the molecule is COC(=O)[C@@H](C)Oc1ccc(-c2ccc(OC(=O)c3cc(N)cc(N)c3)cc2)cc1. The number of rotatable bonds is 6. The Morgan fingerprint density at radius 3 is 1.80 bits per heavy atom. The maximum Gasteiger partial charge on any atom is 0.346 e. The lowest BCUT2D eigenvalue weighted by atomic mass is 10.1. The predicted octanol–water partition coefficient (Wildman–Crippen LogP) is 3.68. The third-order valence-electron chi connectivity index (χ3n) is 4.31. The van der Waals surface area contributed by atoms with Gasteiger partial charge in [-0.1, -0.05) is 24.3 Å². The van der Waals surface area contributed by atoms with Gasteiger partial charge in [0.2, 0.25) is 0 Å². The van der Waals surface area contributed by atoms with Gasteiger partial charge >= 0.3 is 11.9 Å². The van der Waals surface area contributed by atoms with Gasteiger partial charge in [-0.3, -0.25) is 0 Å². The number of methoxy groups -OCH3 is 1. The Morgan fingerprint density at radius 1 is 0.800 bits per heavy atom. The van der Waals surface area contributed by atoms with E-state index in [0.29, 0.717) is 22.9 Å². The largest absolute Gasteiger partial charge is 0.479 e. The Balaban J connectivity index is 1.66. The molecule has 30 heavy (non-hydrogen) atoms. The fourth-order valence-electron chi connectivity index (χ4n) is 2.82. The molecule has 0 aliphatic rings. The number of carbonyl (C=O) groups excluding carboxylic acids is 2. The van der Waals surface area contributed by atoms with Crippen molar-refractivity contribution in [3.8, 4) is 22.6 Å². The number of esters is 2. The van der Waals surface area contributed by atoms with Crippen LogP contribution in [0.3, 0.4) is 0 Å². The number of hydrogen-bond donors (Lipinski definition) is 2. The topological polar surface area (TPSA) is 114 Å². The Labute approximate surface area is 174 Å². The van der Waals surface area contributed by atoms with Crippen LogP contribution in [-0.2, 0) is 9.53 Å². The van der Waals surface area contributed by atoms with Gasteiger partial charge in [-0.15, -0.1) is 0 Å². The quantitative estimate of drug-likeness (QED) is 0.365. The minimum absolute atomic E-state index is 0.286. The molecule has 7 nitrogen and oxygen atoms in total. The first-order valence-electron chi connectivity index (χ1n) is 9.19.